The summed E-state index contributed by atoms with van der Waals surface area (Å²) < 4.78 is 0. The molecule has 0 aliphatic rings. The molecule has 0 N–H and O–H groups in total. The zero-order valence-corrected chi connectivity index (χ0v) is 28.2. The third-order valence-electron chi connectivity index (χ3n) is 12.2. The normalized spacial score (nSPS) is 12.6. The van der Waals surface area contributed by atoms with Gasteiger partial charge >= 0.3 is 0 Å². The van der Waals surface area contributed by atoms with E-state index in [1.165, 1.54) is 130 Å². The molecule has 0 aliphatic heterocycles. The summed E-state index contributed by atoms with van der Waals surface area (Å²) in [5.74, 6) is 0. The van der Waals surface area contributed by atoms with Crippen LogP contribution in [0, 0.1) is 0 Å². The number of rotatable bonds is 2. The van der Waals surface area contributed by atoms with E-state index in [1.807, 2.05) is 0 Å². The summed E-state index contributed by atoms with van der Waals surface area (Å²) in [6, 6.07) is 64.0. The maximum atomic E-state index is 2.56. The fourth-order valence-corrected chi connectivity index (χ4v) is 10.3. The first-order valence-corrected chi connectivity index (χ1v) is 18.3. The van der Waals surface area contributed by atoms with Crippen molar-refractivity contribution in [2.75, 3.05) is 0 Å². The van der Waals surface area contributed by atoms with Crippen LogP contribution in [0.1, 0.15) is 0 Å². The minimum absolute atomic E-state index is 1.25. The van der Waals surface area contributed by atoms with Gasteiger partial charge in [0.1, 0.15) is 0 Å². The first kappa shape index (κ1) is 27.0. The fraction of sp³-hybridized carbons (Fsp3) is 0. The van der Waals surface area contributed by atoms with Crippen molar-refractivity contribution in [1.82, 2.24) is 0 Å². The van der Waals surface area contributed by atoms with E-state index in [2.05, 4.69) is 170 Å². The molecular weight excluding hydrogens is 625 g/mol. The zero-order chi connectivity index (χ0) is 33.7. The van der Waals surface area contributed by atoms with Gasteiger partial charge in [0.15, 0.2) is 0 Å². The van der Waals surface area contributed by atoms with Gasteiger partial charge in [-0.2, -0.15) is 0 Å². The second kappa shape index (κ2) is 9.51. The summed E-state index contributed by atoms with van der Waals surface area (Å²) in [6.45, 7) is 0. The van der Waals surface area contributed by atoms with E-state index in [0.29, 0.717) is 0 Å². The van der Waals surface area contributed by atoms with E-state index in [-0.39, 0.29) is 0 Å². The summed E-state index contributed by atoms with van der Waals surface area (Å²) in [6.07, 6.45) is 0. The van der Waals surface area contributed by atoms with Crippen molar-refractivity contribution < 1.29 is 0 Å². The fourth-order valence-electron chi connectivity index (χ4n) is 10.3. The van der Waals surface area contributed by atoms with Crippen LogP contribution in [0.4, 0.5) is 0 Å². The van der Waals surface area contributed by atoms with Crippen LogP contribution >= 0.6 is 0 Å². The third kappa shape index (κ3) is 3.16. The number of hydrogen-bond acceptors (Lipinski definition) is 0. The van der Waals surface area contributed by atoms with Crippen LogP contribution < -0.4 is 0 Å². The molecule has 13 aromatic rings. The van der Waals surface area contributed by atoms with Crippen molar-refractivity contribution in [3.05, 3.63) is 170 Å². The molecule has 13 aromatic carbocycles. The number of hydrogen-bond donors (Lipinski definition) is 0. The van der Waals surface area contributed by atoms with E-state index in [0.717, 1.165) is 0 Å². The van der Waals surface area contributed by atoms with E-state index in [4.69, 9.17) is 0 Å². The summed E-state index contributed by atoms with van der Waals surface area (Å²) in [5, 5.41) is 26.9. The molecule has 0 heterocycles. The molecule has 0 radical (unpaired) electrons. The molecule has 52 heavy (non-hydrogen) atoms. The van der Waals surface area contributed by atoms with E-state index >= 15 is 0 Å². The lowest BCUT2D eigenvalue weighted by Gasteiger charge is -2.21. The van der Waals surface area contributed by atoms with E-state index in [9.17, 15) is 0 Å². The highest BCUT2D eigenvalue weighted by Gasteiger charge is 2.27. The van der Waals surface area contributed by atoms with Crippen molar-refractivity contribution in [1.29, 1.82) is 0 Å². The zero-order valence-electron chi connectivity index (χ0n) is 28.2. The van der Waals surface area contributed by atoms with Gasteiger partial charge in [0, 0.05) is 0 Å². The number of fused-ring (bicyclic) bond motifs is 10. The highest BCUT2D eigenvalue weighted by Crippen LogP contribution is 2.56. The molecule has 0 amide bonds. The Morgan fingerprint density at radius 3 is 1.37 bits per heavy atom. The van der Waals surface area contributed by atoms with Gasteiger partial charge in [0.25, 0.3) is 0 Å². The van der Waals surface area contributed by atoms with Gasteiger partial charge in [-0.15, -0.1) is 0 Å². The van der Waals surface area contributed by atoms with Crippen LogP contribution in [0.5, 0.6) is 0 Å². The standard InChI is InChI=1S/C52H28/c1-3-12-29(13-4-1)33-26-27-40-46-34(33)21-11-25-39(46)49-47-36-22-8-17-30-16-7-20-35(43(30)36)41(47)28-42-45(32-14-5-2-6-15-32)48-37-23-9-18-31-19-10-24-38(44(31)37)50(48)51(40)52(42)49/h1-28H. The van der Waals surface area contributed by atoms with E-state index in [1.54, 1.807) is 0 Å². The minimum Gasteiger partial charge on any atom is -0.0622 e. The minimum atomic E-state index is 1.25. The van der Waals surface area contributed by atoms with Crippen molar-refractivity contribution in [3.63, 3.8) is 0 Å². The average molecular weight is 653 g/mol. The Labute approximate surface area is 298 Å². The molecule has 0 atom stereocenters. The molecule has 0 spiro atoms. The number of benzene rings is 11. The lowest BCUT2D eigenvalue weighted by atomic mass is 9.81. The maximum Gasteiger partial charge on any atom is -0.000673 e. The molecule has 0 heteroatoms. The topological polar surface area (TPSA) is 0 Å². The highest BCUT2D eigenvalue weighted by atomic mass is 14.3. The second-order valence-corrected chi connectivity index (χ2v) is 14.6. The van der Waals surface area contributed by atoms with Crippen molar-refractivity contribution >= 4 is 108 Å². The smallest absolute Gasteiger partial charge is 0.000673 e. The Morgan fingerprint density at radius 1 is 0.212 bits per heavy atom. The van der Waals surface area contributed by atoms with Gasteiger partial charge < -0.3 is 0 Å². The van der Waals surface area contributed by atoms with Crippen molar-refractivity contribution in [3.8, 4) is 22.3 Å². The SMILES string of the molecule is c1ccc(-c2ccc3c4c2cccc4c2c4c(cc5c(-c6ccccc6)c6c7cccc8cccc(c87)c6c3c52)c2cccc3cccc4c32)cc1. The van der Waals surface area contributed by atoms with Crippen molar-refractivity contribution in [2.24, 2.45) is 0 Å². The molecule has 13 rings (SSSR count). The van der Waals surface area contributed by atoms with Crippen LogP contribution in [0.15, 0.2) is 170 Å². The van der Waals surface area contributed by atoms with Gasteiger partial charge in [0.2, 0.25) is 0 Å². The Morgan fingerprint density at radius 2 is 0.673 bits per heavy atom. The Balaban J connectivity index is 1.44. The monoisotopic (exact) mass is 652 g/mol. The van der Waals surface area contributed by atoms with Gasteiger partial charge in [-0.3, -0.25) is 0 Å². The molecule has 0 aromatic heterocycles. The summed E-state index contributed by atoms with van der Waals surface area (Å²) >= 11 is 0. The molecule has 0 saturated carbocycles. The summed E-state index contributed by atoms with van der Waals surface area (Å²) in [5.41, 5.74) is 5.13. The molecule has 236 valence electrons. The van der Waals surface area contributed by atoms with Crippen LogP contribution in [0.2, 0.25) is 0 Å². The van der Waals surface area contributed by atoms with E-state index < -0.39 is 0 Å². The third-order valence-corrected chi connectivity index (χ3v) is 12.2. The van der Waals surface area contributed by atoms with Gasteiger partial charge in [0.05, 0.1) is 0 Å². The van der Waals surface area contributed by atoms with Crippen LogP contribution in [-0.2, 0) is 0 Å². The molecular formula is C52H28. The molecule has 0 unspecified atom stereocenters. The predicted molar refractivity (Wildman–Crippen MR) is 226 cm³/mol. The Bertz CT molecular complexity index is 3560. The lowest BCUT2D eigenvalue weighted by Crippen LogP contribution is -1.93. The average Bonchev–Trinajstić information content (AvgIpc) is 3.71. The predicted octanol–water partition coefficient (Wildman–Crippen LogP) is 14.9. The molecule has 0 bridgehead atoms. The highest BCUT2D eigenvalue weighted by molar-refractivity contribution is 6.52. The molecule has 0 nitrogen and oxygen atoms in total. The first-order valence-electron chi connectivity index (χ1n) is 18.3. The largest absolute Gasteiger partial charge is 0.0622 e. The first-order chi connectivity index (χ1) is 25.8. The molecule has 0 fully saturated rings. The van der Waals surface area contributed by atoms with Gasteiger partial charge in [-0.05, 0) is 136 Å². The van der Waals surface area contributed by atoms with Gasteiger partial charge in [-0.1, -0.05) is 164 Å². The Kier molecular flexibility index (Phi) is 4.94. The second-order valence-electron chi connectivity index (χ2n) is 14.6. The Hall–Kier alpha value is -6.76. The lowest BCUT2D eigenvalue weighted by molar-refractivity contribution is 1.67. The van der Waals surface area contributed by atoms with Crippen molar-refractivity contribution in [2.45, 2.75) is 0 Å². The van der Waals surface area contributed by atoms with Crippen LogP contribution in [0.3, 0.4) is 0 Å². The van der Waals surface area contributed by atoms with Crippen LogP contribution in [-0.4, -0.2) is 0 Å². The summed E-state index contributed by atoms with van der Waals surface area (Å²) in [4.78, 5) is 0. The summed E-state index contributed by atoms with van der Waals surface area (Å²) in [7, 11) is 0. The van der Waals surface area contributed by atoms with Crippen LogP contribution in [0.25, 0.3) is 130 Å². The maximum absolute atomic E-state index is 2.56. The molecule has 0 aliphatic carbocycles. The quantitative estimate of drug-likeness (QED) is 0.129. The van der Waals surface area contributed by atoms with Gasteiger partial charge in [-0.25, -0.2) is 0 Å². The molecule has 0 saturated heterocycles.